The largest absolute Gasteiger partial charge is 0.398 e. The predicted octanol–water partition coefficient (Wildman–Crippen LogP) is 3.82. The van der Waals surface area contributed by atoms with Crippen molar-refractivity contribution in [1.29, 1.82) is 5.26 Å². The molecule has 3 N–H and O–H groups in total. The summed E-state index contributed by atoms with van der Waals surface area (Å²) in [6.45, 7) is 4.20. The lowest BCUT2D eigenvalue weighted by molar-refractivity contribution is 0.883. The number of hydrogen-bond donors (Lipinski definition) is 2. The van der Waals surface area contributed by atoms with Crippen LogP contribution in [0.2, 0.25) is 0 Å². The molecule has 2 rings (SSSR count). The normalized spacial score (nSPS) is 11.7. The highest BCUT2D eigenvalue weighted by Crippen LogP contribution is 2.23. The van der Waals surface area contributed by atoms with Gasteiger partial charge in [-0.1, -0.05) is 29.8 Å². The van der Waals surface area contributed by atoms with E-state index in [9.17, 15) is 0 Å². The van der Waals surface area contributed by atoms with Gasteiger partial charge in [0, 0.05) is 17.4 Å². The molecular weight excluding hydrogens is 246 g/mol. The zero-order valence-electron chi connectivity index (χ0n) is 11.9. The van der Waals surface area contributed by atoms with Gasteiger partial charge in [0.05, 0.1) is 12.5 Å². The van der Waals surface area contributed by atoms with Crippen molar-refractivity contribution in [1.82, 2.24) is 0 Å². The van der Waals surface area contributed by atoms with E-state index in [0.717, 1.165) is 11.3 Å². The fourth-order valence-electron chi connectivity index (χ4n) is 2.12. The molecule has 0 saturated heterocycles. The summed E-state index contributed by atoms with van der Waals surface area (Å²) >= 11 is 0. The van der Waals surface area contributed by atoms with Crippen molar-refractivity contribution in [3.63, 3.8) is 0 Å². The van der Waals surface area contributed by atoms with Crippen LogP contribution in [0.5, 0.6) is 0 Å². The van der Waals surface area contributed by atoms with Crippen LogP contribution in [0.4, 0.5) is 11.4 Å². The molecule has 0 bridgehead atoms. The first-order chi connectivity index (χ1) is 9.60. The van der Waals surface area contributed by atoms with Crippen molar-refractivity contribution in [2.24, 2.45) is 0 Å². The fourth-order valence-corrected chi connectivity index (χ4v) is 2.12. The van der Waals surface area contributed by atoms with Crippen LogP contribution in [0.3, 0.4) is 0 Å². The molecular formula is C17H19N3. The predicted molar refractivity (Wildman–Crippen MR) is 83.4 cm³/mol. The number of anilines is 2. The van der Waals surface area contributed by atoms with E-state index in [4.69, 9.17) is 11.0 Å². The monoisotopic (exact) mass is 265 g/mol. The first-order valence-corrected chi connectivity index (χ1v) is 6.68. The molecule has 0 aliphatic heterocycles. The van der Waals surface area contributed by atoms with Crippen LogP contribution in [0, 0.1) is 18.3 Å². The maximum Gasteiger partial charge on any atom is 0.0670 e. The third-order valence-electron chi connectivity index (χ3n) is 3.37. The molecule has 102 valence electrons. The van der Waals surface area contributed by atoms with Gasteiger partial charge >= 0.3 is 0 Å². The van der Waals surface area contributed by atoms with Crippen LogP contribution < -0.4 is 11.1 Å². The Morgan fingerprint density at radius 3 is 2.55 bits per heavy atom. The maximum atomic E-state index is 8.79. The van der Waals surface area contributed by atoms with Crippen LogP contribution in [-0.4, -0.2) is 0 Å². The number of benzene rings is 2. The van der Waals surface area contributed by atoms with E-state index in [1.165, 1.54) is 11.1 Å². The van der Waals surface area contributed by atoms with Crippen molar-refractivity contribution >= 4 is 11.4 Å². The second kappa shape index (κ2) is 6.12. The number of nitriles is 1. The van der Waals surface area contributed by atoms with Crippen molar-refractivity contribution in [2.75, 3.05) is 11.1 Å². The van der Waals surface area contributed by atoms with E-state index in [1.54, 1.807) is 0 Å². The highest BCUT2D eigenvalue weighted by atomic mass is 14.9. The molecule has 0 aliphatic carbocycles. The van der Waals surface area contributed by atoms with Gasteiger partial charge in [-0.2, -0.15) is 5.26 Å². The second-order valence-corrected chi connectivity index (χ2v) is 5.03. The minimum atomic E-state index is 0.203. The SMILES string of the molecule is Cc1ccc(C(C)Nc2ccc(N)c(CC#N)c2)cc1. The molecule has 20 heavy (non-hydrogen) atoms. The lowest BCUT2D eigenvalue weighted by Crippen LogP contribution is -2.07. The Bertz CT molecular complexity index is 624. The van der Waals surface area contributed by atoms with Gasteiger partial charge in [0.2, 0.25) is 0 Å². The third-order valence-corrected chi connectivity index (χ3v) is 3.37. The fraction of sp³-hybridized carbons (Fsp3) is 0.235. The van der Waals surface area contributed by atoms with Crippen LogP contribution in [0.15, 0.2) is 42.5 Å². The minimum absolute atomic E-state index is 0.203. The van der Waals surface area contributed by atoms with E-state index in [-0.39, 0.29) is 6.04 Å². The Kier molecular flexibility index (Phi) is 4.27. The Hall–Kier alpha value is -2.47. The van der Waals surface area contributed by atoms with Crippen molar-refractivity contribution < 1.29 is 0 Å². The van der Waals surface area contributed by atoms with Crippen molar-refractivity contribution in [2.45, 2.75) is 26.3 Å². The molecule has 0 amide bonds. The molecule has 0 saturated carbocycles. The highest BCUT2D eigenvalue weighted by Gasteiger charge is 2.06. The average molecular weight is 265 g/mol. The van der Waals surface area contributed by atoms with E-state index >= 15 is 0 Å². The van der Waals surface area contributed by atoms with E-state index in [1.807, 2.05) is 18.2 Å². The van der Waals surface area contributed by atoms with Gasteiger partial charge in [-0.05, 0) is 43.2 Å². The quantitative estimate of drug-likeness (QED) is 0.826. The molecule has 0 heterocycles. The number of hydrogen-bond acceptors (Lipinski definition) is 3. The summed E-state index contributed by atoms with van der Waals surface area (Å²) in [6.07, 6.45) is 0.334. The van der Waals surface area contributed by atoms with E-state index in [2.05, 4.69) is 49.5 Å². The number of aryl methyl sites for hydroxylation is 1. The van der Waals surface area contributed by atoms with Gasteiger partial charge in [0.1, 0.15) is 0 Å². The molecule has 0 aromatic heterocycles. The first kappa shape index (κ1) is 14.0. The second-order valence-electron chi connectivity index (χ2n) is 5.03. The summed E-state index contributed by atoms with van der Waals surface area (Å²) < 4.78 is 0. The molecule has 0 radical (unpaired) electrons. The summed E-state index contributed by atoms with van der Waals surface area (Å²) in [4.78, 5) is 0. The van der Waals surface area contributed by atoms with Gasteiger partial charge < -0.3 is 11.1 Å². The summed E-state index contributed by atoms with van der Waals surface area (Å²) in [5.41, 5.74) is 10.9. The zero-order valence-corrected chi connectivity index (χ0v) is 11.9. The van der Waals surface area contributed by atoms with E-state index in [0.29, 0.717) is 12.1 Å². The van der Waals surface area contributed by atoms with Gasteiger partial charge in [0.15, 0.2) is 0 Å². The van der Waals surface area contributed by atoms with Gasteiger partial charge in [0.25, 0.3) is 0 Å². The Labute approximate surface area is 120 Å². The Morgan fingerprint density at radius 2 is 1.90 bits per heavy atom. The lowest BCUT2D eigenvalue weighted by atomic mass is 10.1. The summed E-state index contributed by atoms with van der Waals surface area (Å²) in [5, 5.41) is 12.2. The molecule has 0 fully saturated rings. The topological polar surface area (TPSA) is 61.8 Å². The van der Waals surface area contributed by atoms with Gasteiger partial charge in [-0.25, -0.2) is 0 Å². The third kappa shape index (κ3) is 3.30. The molecule has 2 aromatic carbocycles. The van der Waals surface area contributed by atoms with Crippen LogP contribution in [-0.2, 0) is 6.42 Å². The zero-order chi connectivity index (χ0) is 14.5. The summed E-state index contributed by atoms with van der Waals surface area (Å²) in [6, 6.07) is 16.5. The molecule has 0 spiro atoms. The molecule has 1 atom stereocenters. The number of nitrogen functional groups attached to an aromatic ring is 1. The van der Waals surface area contributed by atoms with Gasteiger partial charge in [-0.3, -0.25) is 0 Å². The molecule has 0 aliphatic rings. The highest BCUT2D eigenvalue weighted by molar-refractivity contribution is 5.58. The Balaban J connectivity index is 2.15. The molecule has 3 nitrogen and oxygen atoms in total. The van der Waals surface area contributed by atoms with Crippen LogP contribution in [0.1, 0.15) is 29.7 Å². The number of nitrogens with zero attached hydrogens (tertiary/aromatic N) is 1. The summed E-state index contributed by atoms with van der Waals surface area (Å²) in [7, 11) is 0. The van der Waals surface area contributed by atoms with Gasteiger partial charge in [-0.15, -0.1) is 0 Å². The Morgan fingerprint density at radius 1 is 1.20 bits per heavy atom. The molecule has 1 unspecified atom stereocenters. The lowest BCUT2D eigenvalue weighted by Gasteiger charge is -2.17. The van der Waals surface area contributed by atoms with Crippen molar-refractivity contribution in [3.8, 4) is 6.07 Å². The van der Waals surface area contributed by atoms with Crippen LogP contribution in [0.25, 0.3) is 0 Å². The number of nitrogens with two attached hydrogens (primary N) is 1. The van der Waals surface area contributed by atoms with E-state index < -0.39 is 0 Å². The number of rotatable bonds is 4. The minimum Gasteiger partial charge on any atom is -0.398 e. The maximum absolute atomic E-state index is 8.79. The average Bonchev–Trinajstić information content (AvgIpc) is 2.43. The summed E-state index contributed by atoms with van der Waals surface area (Å²) in [5.74, 6) is 0. The smallest absolute Gasteiger partial charge is 0.0670 e. The number of nitrogens with one attached hydrogen (secondary N) is 1. The molecule has 2 aromatic rings. The van der Waals surface area contributed by atoms with Crippen molar-refractivity contribution in [3.05, 3.63) is 59.2 Å². The van der Waals surface area contributed by atoms with Crippen LogP contribution >= 0.6 is 0 Å². The standard InChI is InChI=1S/C17H19N3/c1-12-3-5-14(6-4-12)13(2)20-16-7-8-17(19)15(11-16)9-10-18/h3-8,11,13,20H,9,19H2,1-2H3. The first-order valence-electron chi connectivity index (χ1n) is 6.68. The molecule has 3 heteroatoms.